The van der Waals surface area contributed by atoms with Crippen LogP contribution in [0.2, 0.25) is 0 Å². The molecule has 0 aliphatic carbocycles. The Labute approximate surface area is 191 Å². The Morgan fingerprint density at radius 3 is 2.81 bits per heavy atom. The van der Waals surface area contributed by atoms with Gasteiger partial charge in [-0.25, -0.2) is 0 Å². The number of piperidine rings is 1. The molecule has 172 valence electrons. The fraction of sp³-hybridized carbons (Fsp3) is 0.538. The number of hydrogen-bond acceptors (Lipinski definition) is 5. The van der Waals surface area contributed by atoms with Gasteiger partial charge >= 0.3 is 0 Å². The second kappa shape index (κ2) is 10.5. The van der Waals surface area contributed by atoms with E-state index >= 15 is 0 Å². The summed E-state index contributed by atoms with van der Waals surface area (Å²) in [6, 6.07) is 10.1. The number of carbonyl (C=O) groups is 1. The number of ether oxygens (including phenoxy) is 2. The minimum atomic E-state index is -0.328. The van der Waals surface area contributed by atoms with Crippen LogP contribution in [0, 0.1) is 19.8 Å². The maximum Gasteiger partial charge on any atom is 0.249 e. The minimum absolute atomic E-state index is 0.00287. The highest BCUT2D eigenvalue weighted by Gasteiger charge is 2.33. The third-order valence-corrected chi connectivity index (χ3v) is 7.00. The first-order valence-electron chi connectivity index (χ1n) is 11.7. The van der Waals surface area contributed by atoms with E-state index in [1.54, 1.807) is 7.11 Å². The summed E-state index contributed by atoms with van der Waals surface area (Å²) >= 11 is 0. The van der Waals surface area contributed by atoms with E-state index in [1.807, 2.05) is 24.4 Å². The molecule has 0 saturated carbocycles. The lowest BCUT2D eigenvalue weighted by Gasteiger charge is -2.37. The highest BCUT2D eigenvalue weighted by Crippen LogP contribution is 2.31. The van der Waals surface area contributed by atoms with Crippen LogP contribution < -0.4 is 10.1 Å². The predicted octanol–water partition coefficient (Wildman–Crippen LogP) is 3.96. The van der Waals surface area contributed by atoms with Crippen LogP contribution in [-0.2, 0) is 16.1 Å². The molecule has 32 heavy (non-hydrogen) atoms. The maximum absolute atomic E-state index is 12.9. The van der Waals surface area contributed by atoms with Gasteiger partial charge in [0.2, 0.25) is 5.91 Å². The zero-order chi connectivity index (χ0) is 22.5. The molecule has 1 amide bonds. The van der Waals surface area contributed by atoms with Gasteiger partial charge in [0, 0.05) is 25.9 Å². The number of rotatable bonds is 7. The summed E-state index contributed by atoms with van der Waals surface area (Å²) in [5.41, 5.74) is 4.76. The normalized spacial score (nSPS) is 22.5. The van der Waals surface area contributed by atoms with Crippen LogP contribution in [-0.4, -0.2) is 48.7 Å². The van der Waals surface area contributed by atoms with Crippen molar-refractivity contribution in [1.29, 1.82) is 0 Å². The van der Waals surface area contributed by atoms with Crippen LogP contribution in [0.1, 0.15) is 54.1 Å². The van der Waals surface area contributed by atoms with Gasteiger partial charge in [-0.05, 0) is 86.9 Å². The van der Waals surface area contributed by atoms with Crippen LogP contribution in [0.5, 0.6) is 5.75 Å². The molecule has 6 heteroatoms. The Morgan fingerprint density at radius 2 is 2.09 bits per heavy atom. The molecule has 1 aromatic heterocycles. The Hall–Kier alpha value is -2.44. The summed E-state index contributed by atoms with van der Waals surface area (Å²) < 4.78 is 11.1. The van der Waals surface area contributed by atoms with E-state index in [9.17, 15) is 4.79 Å². The molecule has 0 spiro atoms. The van der Waals surface area contributed by atoms with Crippen molar-refractivity contribution in [3.63, 3.8) is 0 Å². The Balaban J connectivity index is 1.49. The Morgan fingerprint density at radius 1 is 1.22 bits per heavy atom. The van der Waals surface area contributed by atoms with Crippen molar-refractivity contribution in [1.82, 2.24) is 15.2 Å². The van der Waals surface area contributed by atoms with Crippen LogP contribution in [0.15, 0.2) is 36.5 Å². The van der Waals surface area contributed by atoms with Crippen molar-refractivity contribution in [2.75, 3.05) is 26.8 Å². The van der Waals surface area contributed by atoms with E-state index < -0.39 is 0 Å². The van der Waals surface area contributed by atoms with Crippen molar-refractivity contribution < 1.29 is 14.3 Å². The second-order valence-electron chi connectivity index (χ2n) is 9.06. The van der Waals surface area contributed by atoms with Gasteiger partial charge in [-0.15, -0.1) is 0 Å². The molecule has 2 aromatic rings. The molecule has 1 aromatic carbocycles. The first-order valence-corrected chi connectivity index (χ1v) is 11.7. The van der Waals surface area contributed by atoms with Gasteiger partial charge in [-0.1, -0.05) is 12.1 Å². The number of hydrogen-bond donors (Lipinski definition) is 1. The SMILES string of the molecule is COc1ccc(CN2CCCC(C(NC(=O)C3CCCO3)c3ccccn3)C2)c(C)c1C. The fourth-order valence-electron chi connectivity index (χ4n) is 5.02. The number of methoxy groups -OCH3 is 1. The minimum Gasteiger partial charge on any atom is -0.496 e. The number of amides is 1. The molecule has 3 heterocycles. The molecule has 4 rings (SSSR count). The summed E-state index contributed by atoms with van der Waals surface area (Å²) in [4.78, 5) is 20.0. The number of nitrogens with zero attached hydrogens (tertiary/aromatic N) is 2. The van der Waals surface area contributed by atoms with Crippen molar-refractivity contribution in [3.8, 4) is 5.75 Å². The topological polar surface area (TPSA) is 63.7 Å². The zero-order valence-corrected chi connectivity index (χ0v) is 19.5. The summed E-state index contributed by atoms with van der Waals surface area (Å²) in [5.74, 6) is 1.25. The lowest BCUT2D eigenvalue weighted by molar-refractivity contribution is -0.131. The van der Waals surface area contributed by atoms with Crippen molar-refractivity contribution in [2.45, 2.75) is 58.2 Å². The predicted molar refractivity (Wildman–Crippen MR) is 125 cm³/mol. The molecule has 3 atom stereocenters. The van der Waals surface area contributed by atoms with Gasteiger partial charge in [0.25, 0.3) is 0 Å². The molecule has 2 saturated heterocycles. The lowest BCUT2D eigenvalue weighted by Crippen LogP contribution is -2.45. The largest absolute Gasteiger partial charge is 0.496 e. The van der Waals surface area contributed by atoms with Gasteiger partial charge in [0.05, 0.1) is 18.8 Å². The van der Waals surface area contributed by atoms with Gasteiger partial charge in [-0.3, -0.25) is 14.7 Å². The number of nitrogens with one attached hydrogen (secondary N) is 1. The van der Waals surface area contributed by atoms with Crippen LogP contribution >= 0.6 is 0 Å². The van der Waals surface area contributed by atoms with E-state index in [-0.39, 0.29) is 18.1 Å². The van der Waals surface area contributed by atoms with Gasteiger partial charge < -0.3 is 14.8 Å². The Kier molecular flexibility index (Phi) is 7.43. The van der Waals surface area contributed by atoms with Gasteiger partial charge in [-0.2, -0.15) is 0 Å². The Bertz CT molecular complexity index is 912. The highest BCUT2D eigenvalue weighted by molar-refractivity contribution is 5.81. The smallest absolute Gasteiger partial charge is 0.249 e. The second-order valence-corrected chi connectivity index (χ2v) is 9.06. The summed E-state index contributed by atoms with van der Waals surface area (Å²) in [7, 11) is 1.72. The molecule has 2 aliphatic rings. The van der Waals surface area contributed by atoms with Gasteiger partial charge in [0.1, 0.15) is 11.9 Å². The number of carbonyl (C=O) groups excluding carboxylic acids is 1. The number of likely N-dealkylation sites (tertiary alicyclic amines) is 1. The quantitative estimate of drug-likeness (QED) is 0.711. The summed E-state index contributed by atoms with van der Waals surface area (Å²) in [5, 5.41) is 3.30. The molecule has 3 unspecified atom stereocenters. The number of benzene rings is 1. The van der Waals surface area contributed by atoms with Crippen molar-refractivity contribution in [2.24, 2.45) is 5.92 Å². The molecule has 2 fully saturated rings. The first-order chi connectivity index (χ1) is 15.6. The summed E-state index contributed by atoms with van der Waals surface area (Å²) in [6.07, 6.45) is 5.41. The fourth-order valence-corrected chi connectivity index (χ4v) is 5.02. The van der Waals surface area contributed by atoms with Gasteiger partial charge in [0.15, 0.2) is 0 Å². The summed E-state index contributed by atoms with van der Waals surface area (Å²) in [6.45, 7) is 7.86. The molecule has 1 N–H and O–H groups in total. The van der Waals surface area contributed by atoms with Crippen LogP contribution in [0.25, 0.3) is 0 Å². The number of aromatic nitrogens is 1. The zero-order valence-electron chi connectivity index (χ0n) is 19.5. The van der Waals surface area contributed by atoms with Crippen molar-refractivity contribution in [3.05, 3.63) is 58.9 Å². The molecular formula is C26H35N3O3. The highest BCUT2D eigenvalue weighted by atomic mass is 16.5. The van der Waals surface area contributed by atoms with E-state index in [1.165, 1.54) is 16.7 Å². The molecule has 0 bridgehead atoms. The monoisotopic (exact) mass is 437 g/mol. The molecule has 2 aliphatic heterocycles. The third kappa shape index (κ3) is 5.13. The van der Waals surface area contributed by atoms with Crippen LogP contribution in [0.4, 0.5) is 0 Å². The van der Waals surface area contributed by atoms with E-state index in [4.69, 9.17) is 9.47 Å². The van der Waals surface area contributed by atoms with Crippen LogP contribution in [0.3, 0.4) is 0 Å². The van der Waals surface area contributed by atoms with E-state index in [2.05, 4.69) is 41.2 Å². The number of pyridine rings is 1. The van der Waals surface area contributed by atoms with E-state index in [0.717, 1.165) is 56.8 Å². The maximum atomic E-state index is 12.9. The standard InChI is InChI=1S/C26H35N3O3/c1-18-19(2)23(31-3)12-11-20(18)16-29-14-6-8-21(17-29)25(22-9-4-5-13-27-22)28-26(30)24-10-7-15-32-24/h4-5,9,11-13,21,24-25H,6-8,10,14-17H2,1-3H3,(H,28,30). The lowest BCUT2D eigenvalue weighted by atomic mass is 9.87. The van der Waals surface area contributed by atoms with E-state index in [0.29, 0.717) is 12.5 Å². The molecule has 6 nitrogen and oxygen atoms in total. The average Bonchev–Trinajstić information content (AvgIpc) is 3.37. The third-order valence-electron chi connectivity index (χ3n) is 7.00. The average molecular weight is 438 g/mol. The molecule has 0 radical (unpaired) electrons. The van der Waals surface area contributed by atoms with Crippen molar-refractivity contribution >= 4 is 5.91 Å². The molecular weight excluding hydrogens is 402 g/mol. The first kappa shape index (κ1) is 22.7.